The molecule has 0 N–H and O–H groups in total. The highest BCUT2D eigenvalue weighted by Gasteiger charge is 2.21. The maximum atomic E-state index is 13.8. The average molecular weight is 623 g/mol. The van der Waals surface area contributed by atoms with E-state index in [0.717, 1.165) is 27.8 Å². The molecule has 0 saturated carbocycles. The molecule has 222 valence electrons. The summed E-state index contributed by atoms with van der Waals surface area (Å²) in [5, 5.41) is 7.16. The van der Waals surface area contributed by atoms with Crippen LogP contribution in [-0.4, -0.2) is 17.4 Å². The summed E-state index contributed by atoms with van der Waals surface area (Å²) in [6, 6.07) is 52.7. The standard InChI is InChI=1S/C42H26N2O2S/c45-47(46,31-23-19-29(20-24-31)43-38-13-5-1-9-32(38)33-10-2-6-14-39(33)43)30-21-17-27(18-22-30)28-25-36-34-11-3-7-15-40(34)44-41-16-8-4-12-35(41)37(26-28)42(36)44/h1-26H. The molecular weight excluding hydrogens is 597 g/mol. The smallest absolute Gasteiger partial charge is 0.206 e. The molecule has 3 heterocycles. The Labute approximate surface area is 270 Å². The van der Waals surface area contributed by atoms with Gasteiger partial charge in [-0.15, -0.1) is 0 Å². The minimum absolute atomic E-state index is 0.272. The third-order valence-corrected chi connectivity index (χ3v) is 11.5. The Morgan fingerprint density at radius 2 is 0.787 bits per heavy atom. The molecule has 7 aromatic carbocycles. The van der Waals surface area contributed by atoms with E-state index in [1.54, 1.807) is 24.3 Å². The van der Waals surface area contributed by atoms with Gasteiger partial charge in [-0.2, -0.15) is 0 Å². The molecule has 0 saturated heterocycles. The third kappa shape index (κ3) is 3.66. The van der Waals surface area contributed by atoms with Gasteiger partial charge in [-0.3, -0.25) is 0 Å². The van der Waals surface area contributed by atoms with E-state index in [2.05, 4.69) is 93.9 Å². The third-order valence-electron chi connectivity index (χ3n) is 9.69. The average Bonchev–Trinajstić information content (AvgIpc) is 3.77. The van der Waals surface area contributed by atoms with E-state index in [-0.39, 0.29) is 9.79 Å². The lowest BCUT2D eigenvalue weighted by Crippen LogP contribution is -2.02. The van der Waals surface area contributed by atoms with Gasteiger partial charge in [0.2, 0.25) is 9.84 Å². The number of para-hydroxylation sites is 4. The van der Waals surface area contributed by atoms with Crippen molar-refractivity contribution in [2.45, 2.75) is 9.79 Å². The zero-order chi connectivity index (χ0) is 31.3. The molecule has 0 unspecified atom stereocenters. The lowest BCUT2D eigenvalue weighted by molar-refractivity contribution is 0.596. The quantitative estimate of drug-likeness (QED) is 0.196. The van der Waals surface area contributed by atoms with Crippen molar-refractivity contribution in [3.8, 4) is 16.8 Å². The number of aromatic nitrogens is 2. The second-order valence-corrected chi connectivity index (χ2v) is 14.1. The molecular formula is C42H26N2O2S. The zero-order valence-electron chi connectivity index (χ0n) is 25.1. The lowest BCUT2D eigenvalue weighted by atomic mass is 9.99. The Morgan fingerprint density at radius 3 is 1.28 bits per heavy atom. The minimum atomic E-state index is -3.72. The van der Waals surface area contributed by atoms with Crippen LogP contribution in [0.1, 0.15) is 0 Å². The van der Waals surface area contributed by atoms with Crippen LogP contribution >= 0.6 is 0 Å². The van der Waals surface area contributed by atoms with E-state index in [9.17, 15) is 8.42 Å². The van der Waals surface area contributed by atoms with E-state index in [0.29, 0.717) is 0 Å². The van der Waals surface area contributed by atoms with Crippen LogP contribution in [-0.2, 0) is 9.84 Å². The summed E-state index contributed by atoms with van der Waals surface area (Å²) in [4.78, 5) is 0.548. The largest absolute Gasteiger partial charge is 0.309 e. The second kappa shape index (κ2) is 9.55. The van der Waals surface area contributed by atoms with Crippen molar-refractivity contribution in [3.05, 3.63) is 158 Å². The Bertz CT molecular complexity index is 2810. The number of nitrogens with zero attached hydrogens (tertiary/aromatic N) is 2. The molecule has 47 heavy (non-hydrogen) atoms. The summed E-state index contributed by atoms with van der Waals surface area (Å²) in [6.07, 6.45) is 0. The van der Waals surface area contributed by atoms with Crippen LogP contribution < -0.4 is 0 Å². The number of fused-ring (bicyclic) bond motifs is 9. The fraction of sp³-hybridized carbons (Fsp3) is 0. The van der Waals surface area contributed by atoms with Crippen molar-refractivity contribution < 1.29 is 8.42 Å². The molecule has 0 aliphatic rings. The molecule has 5 heteroatoms. The molecule has 0 bridgehead atoms. The number of hydrogen-bond donors (Lipinski definition) is 0. The fourth-order valence-electron chi connectivity index (χ4n) is 7.55. The number of sulfone groups is 1. The van der Waals surface area contributed by atoms with Gasteiger partial charge in [0.25, 0.3) is 0 Å². The van der Waals surface area contributed by atoms with Crippen LogP contribution in [0, 0.1) is 0 Å². The highest BCUT2D eigenvalue weighted by atomic mass is 32.2. The molecule has 0 atom stereocenters. The van der Waals surface area contributed by atoms with Crippen molar-refractivity contribution in [1.29, 1.82) is 0 Å². The minimum Gasteiger partial charge on any atom is -0.309 e. The highest BCUT2D eigenvalue weighted by molar-refractivity contribution is 7.91. The number of benzene rings is 7. The van der Waals surface area contributed by atoms with Crippen LogP contribution in [0.15, 0.2) is 168 Å². The molecule has 0 amide bonds. The van der Waals surface area contributed by atoms with Crippen molar-refractivity contribution >= 4 is 69.7 Å². The topological polar surface area (TPSA) is 43.5 Å². The maximum absolute atomic E-state index is 13.8. The van der Waals surface area contributed by atoms with E-state index in [1.165, 1.54) is 48.9 Å². The van der Waals surface area contributed by atoms with Crippen molar-refractivity contribution in [2.75, 3.05) is 0 Å². The molecule has 3 aromatic heterocycles. The first-order chi connectivity index (χ1) is 23.1. The Morgan fingerprint density at radius 1 is 0.383 bits per heavy atom. The van der Waals surface area contributed by atoms with Gasteiger partial charge < -0.3 is 8.97 Å². The van der Waals surface area contributed by atoms with E-state index >= 15 is 0 Å². The summed E-state index contributed by atoms with van der Waals surface area (Å²) < 4.78 is 32.2. The van der Waals surface area contributed by atoms with E-state index in [1.807, 2.05) is 48.5 Å². The van der Waals surface area contributed by atoms with Crippen LogP contribution in [0.2, 0.25) is 0 Å². The SMILES string of the molecule is O=S(=O)(c1ccc(-c2cc3c4ccccc4n4c5ccccc5c(c2)c34)cc1)c1ccc(-n2c3ccccc3c3ccccc32)cc1. The lowest BCUT2D eigenvalue weighted by Gasteiger charge is -2.10. The van der Waals surface area contributed by atoms with Crippen LogP contribution in [0.3, 0.4) is 0 Å². The normalized spacial score (nSPS) is 12.4. The monoisotopic (exact) mass is 622 g/mol. The summed E-state index contributed by atoms with van der Waals surface area (Å²) in [7, 11) is -3.72. The van der Waals surface area contributed by atoms with E-state index in [4.69, 9.17) is 0 Å². The van der Waals surface area contributed by atoms with Gasteiger partial charge in [0.1, 0.15) is 0 Å². The Kier molecular flexibility index (Phi) is 5.35. The Hall–Kier alpha value is -5.91. The first kappa shape index (κ1) is 26.3. The van der Waals surface area contributed by atoms with Crippen molar-refractivity contribution in [2.24, 2.45) is 0 Å². The summed E-state index contributed by atoms with van der Waals surface area (Å²) in [5.74, 6) is 0. The van der Waals surface area contributed by atoms with Gasteiger partial charge in [0, 0.05) is 38.0 Å². The van der Waals surface area contributed by atoms with Gasteiger partial charge in [-0.1, -0.05) is 84.9 Å². The molecule has 4 nitrogen and oxygen atoms in total. The summed E-state index contributed by atoms with van der Waals surface area (Å²) >= 11 is 0. The summed E-state index contributed by atoms with van der Waals surface area (Å²) in [6.45, 7) is 0. The molecule has 0 aliphatic heterocycles. The maximum Gasteiger partial charge on any atom is 0.206 e. The van der Waals surface area contributed by atoms with Crippen LogP contribution in [0.5, 0.6) is 0 Å². The molecule has 10 aromatic rings. The van der Waals surface area contributed by atoms with Gasteiger partial charge in [0.05, 0.1) is 37.4 Å². The molecule has 0 radical (unpaired) electrons. The molecule has 0 aliphatic carbocycles. The number of rotatable bonds is 4. The van der Waals surface area contributed by atoms with Crippen molar-refractivity contribution in [1.82, 2.24) is 8.97 Å². The first-order valence-electron chi connectivity index (χ1n) is 15.7. The van der Waals surface area contributed by atoms with Gasteiger partial charge in [0.15, 0.2) is 0 Å². The Balaban J connectivity index is 1.04. The van der Waals surface area contributed by atoms with Crippen LogP contribution in [0.4, 0.5) is 0 Å². The highest BCUT2D eigenvalue weighted by Crippen LogP contribution is 2.42. The van der Waals surface area contributed by atoms with Gasteiger partial charge >= 0.3 is 0 Å². The van der Waals surface area contributed by atoms with Gasteiger partial charge in [-0.25, -0.2) is 8.42 Å². The second-order valence-electron chi connectivity index (χ2n) is 12.2. The predicted octanol–water partition coefficient (Wildman–Crippen LogP) is 10.4. The molecule has 0 spiro atoms. The first-order valence-corrected chi connectivity index (χ1v) is 17.2. The predicted molar refractivity (Wildman–Crippen MR) is 193 cm³/mol. The molecule has 0 fully saturated rings. The molecule has 10 rings (SSSR count). The van der Waals surface area contributed by atoms with Crippen molar-refractivity contribution in [3.63, 3.8) is 0 Å². The van der Waals surface area contributed by atoms with E-state index < -0.39 is 9.84 Å². The fourth-order valence-corrected chi connectivity index (χ4v) is 8.81. The zero-order valence-corrected chi connectivity index (χ0v) is 25.9. The van der Waals surface area contributed by atoms with Gasteiger partial charge in [-0.05, 0) is 83.9 Å². The summed E-state index contributed by atoms with van der Waals surface area (Å²) in [5.41, 5.74) is 8.74. The van der Waals surface area contributed by atoms with Crippen LogP contribution in [0.25, 0.3) is 76.7 Å². The number of hydrogen-bond acceptors (Lipinski definition) is 2.